The second-order valence-electron chi connectivity index (χ2n) is 7.44. The molecule has 0 unspecified atom stereocenters. The first-order valence-corrected chi connectivity index (χ1v) is 10.9. The molecule has 160 valence electrons. The maximum Gasteiger partial charge on any atom is 0.251 e. The van der Waals surface area contributed by atoms with E-state index in [-0.39, 0.29) is 5.91 Å². The number of imidazole rings is 1. The van der Waals surface area contributed by atoms with Crippen LogP contribution in [0.4, 0.5) is 0 Å². The summed E-state index contributed by atoms with van der Waals surface area (Å²) in [6, 6.07) is 13.7. The maximum atomic E-state index is 12.6. The third-order valence-electron chi connectivity index (χ3n) is 5.48. The van der Waals surface area contributed by atoms with Crippen LogP contribution in [0.25, 0.3) is 16.7 Å². The highest BCUT2D eigenvalue weighted by atomic mass is 16.5. The summed E-state index contributed by atoms with van der Waals surface area (Å²) in [5.74, 6) is 1.69. The van der Waals surface area contributed by atoms with E-state index >= 15 is 0 Å². The minimum absolute atomic E-state index is 0.0419. The smallest absolute Gasteiger partial charge is 0.251 e. The summed E-state index contributed by atoms with van der Waals surface area (Å²) in [6.07, 6.45) is 0.983. The van der Waals surface area contributed by atoms with Crippen molar-refractivity contribution in [1.29, 1.82) is 0 Å². The number of aromatic nitrogens is 2. The zero-order valence-electron chi connectivity index (χ0n) is 18.5. The molecule has 6 nitrogen and oxygen atoms in total. The number of nitrogens with zero attached hydrogens (tertiary/aromatic N) is 2. The zero-order chi connectivity index (χ0) is 21.5. The number of fused-ring (bicyclic) bond motifs is 1. The number of nitrogens with one attached hydrogen (secondary N) is 2. The molecular weight excluding hydrogens is 376 g/mol. The molecule has 3 aromatic rings. The monoisotopic (exact) mass is 409 g/mol. The van der Waals surface area contributed by atoms with Crippen LogP contribution in [0.15, 0.2) is 42.5 Å². The topological polar surface area (TPSA) is 60.6 Å². The second kappa shape index (κ2) is 10.3. The van der Waals surface area contributed by atoms with Crippen LogP contribution in [-0.2, 0) is 0 Å². The third-order valence-corrected chi connectivity index (χ3v) is 5.48. The average molecular weight is 410 g/mol. The summed E-state index contributed by atoms with van der Waals surface area (Å²) in [5.41, 5.74) is 3.48. The van der Waals surface area contributed by atoms with Crippen molar-refractivity contribution in [1.82, 2.24) is 14.9 Å². The molecule has 0 saturated carbocycles. The molecule has 3 rings (SSSR count). The van der Waals surface area contributed by atoms with Crippen LogP contribution in [0.3, 0.4) is 0 Å². The molecule has 6 heteroatoms. The summed E-state index contributed by atoms with van der Waals surface area (Å²) in [7, 11) is 0. The number of aryl methyl sites for hydroxylation is 1. The van der Waals surface area contributed by atoms with Gasteiger partial charge in [0.2, 0.25) is 0 Å². The number of quaternary nitrogens is 1. The Bertz CT molecular complexity index is 975. The van der Waals surface area contributed by atoms with Gasteiger partial charge in [-0.25, -0.2) is 4.98 Å². The zero-order valence-corrected chi connectivity index (χ0v) is 18.5. The predicted molar refractivity (Wildman–Crippen MR) is 121 cm³/mol. The van der Waals surface area contributed by atoms with Crippen molar-refractivity contribution in [2.75, 3.05) is 32.8 Å². The Morgan fingerprint density at radius 3 is 2.50 bits per heavy atom. The molecule has 1 heterocycles. The average Bonchev–Trinajstić information content (AvgIpc) is 3.09. The Morgan fingerprint density at radius 1 is 1.10 bits per heavy atom. The van der Waals surface area contributed by atoms with E-state index in [2.05, 4.69) is 28.7 Å². The van der Waals surface area contributed by atoms with Gasteiger partial charge in [0, 0.05) is 24.2 Å². The van der Waals surface area contributed by atoms with Crippen LogP contribution in [0, 0.1) is 6.92 Å². The van der Waals surface area contributed by atoms with E-state index in [4.69, 9.17) is 4.74 Å². The Hall–Kier alpha value is -2.86. The van der Waals surface area contributed by atoms with Gasteiger partial charge in [-0.15, -0.1) is 0 Å². The van der Waals surface area contributed by atoms with Crippen LogP contribution >= 0.6 is 0 Å². The van der Waals surface area contributed by atoms with Gasteiger partial charge in [-0.1, -0.05) is 0 Å². The normalized spacial score (nSPS) is 11.2. The van der Waals surface area contributed by atoms with Crippen molar-refractivity contribution in [3.8, 4) is 11.4 Å². The molecule has 0 saturated heterocycles. The van der Waals surface area contributed by atoms with Crippen molar-refractivity contribution in [3.63, 3.8) is 0 Å². The first kappa shape index (κ1) is 21.8. The largest absolute Gasteiger partial charge is 0.494 e. The Labute approximate surface area is 178 Å². The molecular formula is C24H33N4O2+. The molecule has 0 aliphatic carbocycles. The Balaban J connectivity index is 1.72. The van der Waals surface area contributed by atoms with Crippen LogP contribution in [0.1, 0.15) is 43.4 Å². The van der Waals surface area contributed by atoms with E-state index in [0.717, 1.165) is 54.3 Å². The van der Waals surface area contributed by atoms with E-state index in [1.165, 1.54) is 0 Å². The van der Waals surface area contributed by atoms with Gasteiger partial charge >= 0.3 is 0 Å². The minimum Gasteiger partial charge on any atom is -0.494 e. The molecule has 0 aliphatic heterocycles. The molecule has 30 heavy (non-hydrogen) atoms. The van der Waals surface area contributed by atoms with Gasteiger partial charge in [-0.3, -0.25) is 9.36 Å². The van der Waals surface area contributed by atoms with E-state index < -0.39 is 0 Å². The van der Waals surface area contributed by atoms with Gasteiger partial charge < -0.3 is 15.0 Å². The highest BCUT2D eigenvalue weighted by Crippen LogP contribution is 2.24. The van der Waals surface area contributed by atoms with E-state index in [9.17, 15) is 4.79 Å². The number of amides is 1. The maximum absolute atomic E-state index is 12.6. The summed E-state index contributed by atoms with van der Waals surface area (Å²) in [6.45, 7) is 13.0. The number of carbonyl (C=O) groups is 1. The van der Waals surface area contributed by atoms with Gasteiger partial charge in [0.15, 0.2) is 0 Å². The highest BCUT2D eigenvalue weighted by molar-refractivity contribution is 5.97. The lowest BCUT2D eigenvalue weighted by atomic mass is 10.2. The van der Waals surface area contributed by atoms with Crippen molar-refractivity contribution in [2.24, 2.45) is 0 Å². The first-order chi connectivity index (χ1) is 14.6. The van der Waals surface area contributed by atoms with Gasteiger partial charge in [-0.2, -0.15) is 0 Å². The number of hydrogen-bond donors (Lipinski definition) is 2. The first-order valence-electron chi connectivity index (χ1n) is 10.9. The molecule has 2 N–H and O–H groups in total. The van der Waals surface area contributed by atoms with Crippen molar-refractivity contribution in [3.05, 3.63) is 53.9 Å². The fraction of sp³-hybridized carbons (Fsp3) is 0.417. The number of carbonyl (C=O) groups excluding carboxylic acids is 1. The van der Waals surface area contributed by atoms with Gasteiger partial charge in [0.25, 0.3) is 5.91 Å². The highest BCUT2D eigenvalue weighted by Gasteiger charge is 2.13. The second-order valence-corrected chi connectivity index (χ2v) is 7.44. The molecule has 0 spiro atoms. The molecule has 0 aliphatic rings. The molecule has 0 radical (unpaired) electrons. The minimum atomic E-state index is -0.0419. The van der Waals surface area contributed by atoms with Crippen LogP contribution < -0.4 is 15.0 Å². The predicted octanol–water partition coefficient (Wildman–Crippen LogP) is 2.78. The van der Waals surface area contributed by atoms with Crippen molar-refractivity contribution >= 4 is 16.9 Å². The summed E-state index contributed by atoms with van der Waals surface area (Å²) < 4.78 is 7.63. The van der Waals surface area contributed by atoms with Crippen LogP contribution in [0.5, 0.6) is 5.75 Å². The Kier molecular flexibility index (Phi) is 7.46. The summed E-state index contributed by atoms with van der Waals surface area (Å²) >= 11 is 0. The molecule has 2 aromatic carbocycles. The quantitative estimate of drug-likeness (QED) is 0.506. The molecule has 1 amide bonds. The molecule has 0 fully saturated rings. The van der Waals surface area contributed by atoms with E-state index in [1.54, 1.807) is 4.90 Å². The Morgan fingerprint density at radius 2 is 1.83 bits per heavy atom. The number of rotatable bonds is 10. The lowest BCUT2D eigenvalue weighted by Crippen LogP contribution is -3.11. The van der Waals surface area contributed by atoms with Crippen molar-refractivity contribution < 1.29 is 14.4 Å². The van der Waals surface area contributed by atoms with Gasteiger partial charge in [0.05, 0.1) is 37.3 Å². The number of ether oxygens (including phenoxy) is 1. The lowest BCUT2D eigenvalue weighted by molar-refractivity contribution is -0.896. The van der Waals surface area contributed by atoms with Gasteiger partial charge in [0.1, 0.15) is 11.6 Å². The van der Waals surface area contributed by atoms with E-state index in [0.29, 0.717) is 18.7 Å². The lowest BCUT2D eigenvalue weighted by Gasteiger charge is -2.15. The molecule has 0 atom stereocenters. The SMILES string of the molecule is CCOc1ccc(-n2c(C)nc3cc(C(=O)NCCC[NH+](CC)CC)ccc32)cc1. The van der Waals surface area contributed by atoms with Crippen molar-refractivity contribution in [2.45, 2.75) is 34.1 Å². The van der Waals surface area contributed by atoms with Gasteiger partial charge in [-0.05, 0) is 70.2 Å². The summed E-state index contributed by atoms with van der Waals surface area (Å²) in [5, 5.41) is 3.04. The molecule has 1 aromatic heterocycles. The molecule has 0 bridgehead atoms. The number of hydrogen-bond acceptors (Lipinski definition) is 3. The van der Waals surface area contributed by atoms with Crippen LogP contribution in [0.2, 0.25) is 0 Å². The summed E-state index contributed by atoms with van der Waals surface area (Å²) in [4.78, 5) is 18.8. The number of benzene rings is 2. The van der Waals surface area contributed by atoms with E-state index in [1.807, 2.05) is 56.3 Å². The fourth-order valence-corrected chi connectivity index (χ4v) is 3.77. The van der Waals surface area contributed by atoms with Crippen LogP contribution in [-0.4, -0.2) is 48.2 Å². The fourth-order valence-electron chi connectivity index (χ4n) is 3.77. The third kappa shape index (κ3) is 5.00. The standard InChI is InChI=1S/C24H32N4O2/c1-5-27(6-2)16-8-15-25-24(29)19-9-14-23-22(17-19)26-18(4)28(23)20-10-12-21(13-11-20)30-7-3/h9-14,17H,5-8,15-16H2,1-4H3,(H,25,29)/p+1.